The summed E-state index contributed by atoms with van der Waals surface area (Å²) in [5, 5.41) is 22.0. The largest absolute Gasteiger partial charge is 0.480 e. The average molecular weight is 230 g/mol. The van der Waals surface area contributed by atoms with Crippen molar-refractivity contribution in [2.45, 2.75) is 31.7 Å². The number of carboxylic acid groups (broad SMARTS) is 1. The summed E-state index contributed by atoms with van der Waals surface area (Å²) in [6.07, 6.45) is 4.60. The van der Waals surface area contributed by atoms with Crippen molar-refractivity contribution in [3.63, 3.8) is 0 Å². The van der Waals surface area contributed by atoms with Gasteiger partial charge in [0.05, 0.1) is 6.61 Å². The highest BCUT2D eigenvalue weighted by Gasteiger charge is 2.21. The molecule has 0 saturated heterocycles. The predicted molar refractivity (Wildman–Crippen MR) is 57.0 cm³/mol. The SMILES string of the molecule is O=C(NCCCC1CC1)NC(CO)C(=O)O. The molecule has 16 heavy (non-hydrogen) atoms. The summed E-state index contributed by atoms with van der Waals surface area (Å²) in [6, 6.07) is -1.78. The maximum Gasteiger partial charge on any atom is 0.328 e. The van der Waals surface area contributed by atoms with Crippen LogP contribution in [0.3, 0.4) is 0 Å². The summed E-state index contributed by atoms with van der Waals surface area (Å²) in [4.78, 5) is 21.7. The Morgan fingerprint density at radius 2 is 2.06 bits per heavy atom. The fourth-order valence-electron chi connectivity index (χ4n) is 1.39. The highest BCUT2D eigenvalue weighted by molar-refractivity contribution is 5.82. The molecule has 6 heteroatoms. The highest BCUT2D eigenvalue weighted by atomic mass is 16.4. The zero-order chi connectivity index (χ0) is 12.0. The first-order valence-electron chi connectivity index (χ1n) is 5.51. The van der Waals surface area contributed by atoms with Gasteiger partial charge in [-0.25, -0.2) is 9.59 Å². The summed E-state index contributed by atoms with van der Waals surface area (Å²) in [6.45, 7) is -0.0646. The lowest BCUT2D eigenvalue weighted by atomic mass is 10.2. The first-order chi connectivity index (χ1) is 7.63. The van der Waals surface area contributed by atoms with E-state index in [4.69, 9.17) is 10.2 Å². The van der Waals surface area contributed by atoms with E-state index in [1.165, 1.54) is 12.8 Å². The van der Waals surface area contributed by atoms with Gasteiger partial charge in [-0.1, -0.05) is 12.8 Å². The van der Waals surface area contributed by atoms with Gasteiger partial charge in [-0.2, -0.15) is 0 Å². The number of carbonyl (C=O) groups excluding carboxylic acids is 1. The van der Waals surface area contributed by atoms with Crippen LogP contribution in [-0.2, 0) is 4.79 Å². The predicted octanol–water partition coefficient (Wildman–Crippen LogP) is -0.0787. The number of hydrogen-bond donors (Lipinski definition) is 4. The van der Waals surface area contributed by atoms with E-state index < -0.39 is 24.6 Å². The van der Waals surface area contributed by atoms with E-state index in [-0.39, 0.29) is 0 Å². The maximum absolute atomic E-state index is 11.2. The molecule has 6 nitrogen and oxygen atoms in total. The Morgan fingerprint density at radius 3 is 2.56 bits per heavy atom. The number of hydrogen-bond acceptors (Lipinski definition) is 3. The van der Waals surface area contributed by atoms with Crippen LogP contribution >= 0.6 is 0 Å². The number of amides is 2. The van der Waals surface area contributed by atoms with Crippen molar-refractivity contribution in [1.82, 2.24) is 10.6 Å². The van der Waals surface area contributed by atoms with Crippen molar-refractivity contribution in [2.75, 3.05) is 13.2 Å². The van der Waals surface area contributed by atoms with Crippen molar-refractivity contribution in [3.05, 3.63) is 0 Å². The van der Waals surface area contributed by atoms with Crippen LogP contribution < -0.4 is 10.6 Å². The van der Waals surface area contributed by atoms with Gasteiger partial charge < -0.3 is 20.8 Å². The first-order valence-corrected chi connectivity index (χ1v) is 5.51. The van der Waals surface area contributed by atoms with E-state index in [0.29, 0.717) is 6.54 Å². The minimum absolute atomic E-state index is 0.542. The smallest absolute Gasteiger partial charge is 0.328 e. The molecule has 0 bridgehead atoms. The van der Waals surface area contributed by atoms with Crippen molar-refractivity contribution >= 4 is 12.0 Å². The third kappa shape index (κ3) is 4.97. The molecule has 1 unspecified atom stereocenters. The standard InChI is InChI=1S/C10H18N2O4/c13-6-8(9(14)15)12-10(16)11-5-1-2-7-3-4-7/h7-8,13H,1-6H2,(H,14,15)(H2,11,12,16). The van der Waals surface area contributed by atoms with Gasteiger partial charge in [0.25, 0.3) is 0 Å². The van der Waals surface area contributed by atoms with Crippen LogP contribution in [0.2, 0.25) is 0 Å². The number of aliphatic hydroxyl groups is 1. The molecule has 0 aliphatic heterocycles. The molecule has 2 amide bonds. The van der Waals surface area contributed by atoms with Crippen LogP contribution in [0.15, 0.2) is 0 Å². The van der Waals surface area contributed by atoms with Crippen molar-refractivity contribution in [1.29, 1.82) is 0 Å². The number of rotatable bonds is 7. The molecule has 0 radical (unpaired) electrons. The molecule has 1 aliphatic rings. The second-order valence-electron chi connectivity index (χ2n) is 4.06. The monoisotopic (exact) mass is 230 g/mol. The van der Waals surface area contributed by atoms with Gasteiger partial charge >= 0.3 is 12.0 Å². The van der Waals surface area contributed by atoms with Gasteiger partial charge in [0.15, 0.2) is 6.04 Å². The fourth-order valence-corrected chi connectivity index (χ4v) is 1.39. The Balaban J connectivity index is 2.06. The van der Waals surface area contributed by atoms with Gasteiger partial charge in [-0.05, 0) is 18.8 Å². The second-order valence-corrected chi connectivity index (χ2v) is 4.06. The number of carbonyl (C=O) groups is 2. The van der Waals surface area contributed by atoms with Crippen LogP contribution in [0.5, 0.6) is 0 Å². The van der Waals surface area contributed by atoms with E-state index >= 15 is 0 Å². The van der Waals surface area contributed by atoms with Crippen LogP contribution in [-0.4, -0.2) is 41.4 Å². The number of aliphatic hydroxyl groups excluding tert-OH is 1. The van der Waals surface area contributed by atoms with Crippen LogP contribution in [0, 0.1) is 5.92 Å². The zero-order valence-electron chi connectivity index (χ0n) is 9.11. The average Bonchev–Trinajstić information content (AvgIpc) is 3.04. The number of aliphatic carboxylic acids is 1. The van der Waals surface area contributed by atoms with E-state index in [1.807, 2.05) is 0 Å². The van der Waals surface area contributed by atoms with Gasteiger partial charge in [0.2, 0.25) is 0 Å². The molecule has 0 aromatic rings. The Hall–Kier alpha value is -1.30. The highest BCUT2D eigenvalue weighted by Crippen LogP contribution is 2.33. The summed E-state index contributed by atoms with van der Waals surface area (Å²) in [7, 11) is 0. The Kier molecular flexibility index (Phi) is 5.04. The molecule has 1 aliphatic carbocycles. The normalized spacial score (nSPS) is 16.6. The number of nitrogens with one attached hydrogen (secondary N) is 2. The molecular weight excluding hydrogens is 212 g/mol. The van der Waals surface area contributed by atoms with E-state index in [9.17, 15) is 9.59 Å². The number of urea groups is 1. The molecule has 1 rings (SSSR count). The molecule has 0 aromatic carbocycles. The molecule has 1 saturated carbocycles. The molecule has 0 heterocycles. The lowest BCUT2D eigenvalue weighted by Gasteiger charge is -2.12. The lowest BCUT2D eigenvalue weighted by Crippen LogP contribution is -2.48. The summed E-state index contributed by atoms with van der Waals surface area (Å²) < 4.78 is 0. The van der Waals surface area contributed by atoms with Crippen molar-refractivity contribution < 1.29 is 19.8 Å². The molecular formula is C10H18N2O4. The first kappa shape index (κ1) is 12.8. The molecule has 4 N–H and O–H groups in total. The molecule has 1 fully saturated rings. The van der Waals surface area contributed by atoms with Crippen LogP contribution in [0.4, 0.5) is 4.79 Å². The van der Waals surface area contributed by atoms with Crippen LogP contribution in [0.1, 0.15) is 25.7 Å². The van der Waals surface area contributed by atoms with Crippen molar-refractivity contribution in [3.8, 4) is 0 Å². The van der Waals surface area contributed by atoms with E-state index in [0.717, 1.165) is 18.8 Å². The summed E-state index contributed by atoms with van der Waals surface area (Å²) in [5.41, 5.74) is 0. The molecule has 92 valence electrons. The van der Waals surface area contributed by atoms with Gasteiger partial charge in [0, 0.05) is 6.54 Å². The zero-order valence-corrected chi connectivity index (χ0v) is 9.11. The Morgan fingerprint density at radius 1 is 1.38 bits per heavy atom. The number of carboxylic acids is 1. The van der Waals surface area contributed by atoms with Gasteiger partial charge in [-0.15, -0.1) is 0 Å². The third-order valence-electron chi connectivity index (χ3n) is 2.56. The summed E-state index contributed by atoms with van der Waals surface area (Å²) >= 11 is 0. The quantitative estimate of drug-likeness (QED) is 0.460. The Labute approximate surface area is 94.0 Å². The van der Waals surface area contributed by atoms with E-state index in [2.05, 4.69) is 10.6 Å². The molecule has 1 atom stereocenters. The third-order valence-corrected chi connectivity index (χ3v) is 2.56. The van der Waals surface area contributed by atoms with E-state index in [1.54, 1.807) is 0 Å². The lowest BCUT2D eigenvalue weighted by molar-refractivity contribution is -0.140. The topological polar surface area (TPSA) is 98.7 Å². The van der Waals surface area contributed by atoms with Gasteiger partial charge in [-0.3, -0.25) is 0 Å². The Bertz CT molecular complexity index is 253. The van der Waals surface area contributed by atoms with Gasteiger partial charge in [0.1, 0.15) is 0 Å². The minimum atomic E-state index is -1.24. The van der Waals surface area contributed by atoms with Crippen LogP contribution in [0.25, 0.3) is 0 Å². The summed E-state index contributed by atoms with van der Waals surface area (Å²) in [5.74, 6) is -0.412. The molecule has 0 aromatic heterocycles. The van der Waals surface area contributed by atoms with Crippen molar-refractivity contribution in [2.24, 2.45) is 5.92 Å². The maximum atomic E-state index is 11.2. The fraction of sp³-hybridized carbons (Fsp3) is 0.800. The second kappa shape index (κ2) is 6.32. The molecule has 0 spiro atoms. The minimum Gasteiger partial charge on any atom is -0.480 e.